The van der Waals surface area contributed by atoms with E-state index in [0.717, 1.165) is 6.26 Å². The van der Waals surface area contributed by atoms with Crippen LogP contribution in [-0.2, 0) is 9.84 Å². The lowest BCUT2D eigenvalue weighted by Gasteiger charge is -2.05. The van der Waals surface area contributed by atoms with Gasteiger partial charge in [-0.1, -0.05) is 18.2 Å². The standard InChI is InChI=1S/C14H13NO3S/c1-19(17,18)13-9-7-11(8-10-13)14(16)15-12-5-3-2-4-6-12/h2-10H,1H3,(H,15,16). The van der Waals surface area contributed by atoms with Crippen molar-refractivity contribution in [1.29, 1.82) is 0 Å². The molecule has 0 unspecified atom stereocenters. The maximum atomic E-state index is 11.9. The average Bonchev–Trinajstić information content (AvgIpc) is 2.39. The van der Waals surface area contributed by atoms with Crippen molar-refractivity contribution in [2.45, 2.75) is 4.90 Å². The minimum atomic E-state index is -3.24. The summed E-state index contributed by atoms with van der Waals surface area (Å²) in [7, 11) is -3.24. The molecule has 0 aromatic heterocycles. The van der Waals surface area contributed by atoms with Crippen LogP contribution >= 0.6 is 0 Å². The van der Waals surface area contributed by atoms with E-state index in [9.17, 15) is 13.2 Å². The lowest BCUT2D eigenvalue weighted by molar-refractivity contribution is 0.102. The van der Waals surface area contributed by atoms with Crippen molar-refractivity contribution in [3.8, 4) is 0 Å². The fourth-order valence-electron chi connectivity index (χ4n) is 1.58. The van der Waals surface area contributed by atoms with Gasteiger partial charge >= 0.3 is 0 Å². The van der Waals surface area contributed by atoms with Gasteiger partial charge in [0.15, 0.2) is 9.84 Å². The van der Waals surface area contributed by atoms with Crippen LogP contribution in [0.5, 0.6) is 0 Å². The molecular formula is C14H13NO3S. The molecule has 0 saturated carbocycles. The molecular weight excluding hydrogens is 262 g/mol. The molecule has 19 heavy (non-hydrogen) atoms. The molecule has 0 radical (unpaired) electrons. The number of amides is 1. The van der Waals surface area contributed by atoms with Gasteiger partial charge in [-0.25, -0.2) is 8.42 Å². The van der Waals surface area contributed by atoms with Crippen LogP contribution in [0, 0.1) is 0 Å². The summed E-state index contributed by atoms with van der Waals surface area (Å²) in [6.45, 7) is 0. The number of hydrogen-bond acceptors (Lipinski definition) is 3. The molecule has 1 N–H and O–H groups in total. The summed E-state index contributed by atoms with van der Waals surface area (Å²) in [6, 6.07) is 14.9. The highest BCUT2D eigenvalue weighted by molar-refractivity contribution is 7.90. The van der Waals surface area contributed by atoms with Gasteiger partial charge < -0.3 is 5.32 Å². The smallest absolute Gasteiger partial charge is 0.255 e. The third kappa shape index (κ3) is 3.42. The first kappa shape index (κ1) is 13.3. The van der Waals surface area contributed by atoms with E-state index in [1.54, 1.807) is 12.1 Å². The number of carbonyl (C=O) groups excluding carboxylic acids is 1. The van der Waals surface area contributed by atoms with E-state index in [1.807, 2.05) is 18.2 Å². The molecule has 0 atom stereocenters. The fourth-order valence-corrected chi connectivity index (χ4v) is 2.21. The first-order chi connectivity index (χ1) is 8.97. The van der Waals surface area contributed by atoms with Crippen molar-refractivity contribution in [1.82, 2.24) is 0 Å². The van der Waals surface area contributed by atoms with Crippen molar-refractivity contribution in [2.24, 2.45) is 0 Å². The van der Waals surface area contributed by atoms with Gasteiger partial charge in [-0.2, -0.15) is 0 Å². The van der Waals surface area contributed by atoms with Crippen LogP contribution in [0.2, 0.25) is 0 Å². The minimum absolute atomic E-state index is 0.198. The molecule has 0 aliphatic carbocycles. The first-order valence-corrected chi connectivity index (χ1v) is 7.52. The third-order valence-electron chi connectivity index (χ3n) is 2.58. The first-order valence-electron chi connectivity index (χ1n) is 5.63. The molecule has 0 saturated heterocycles. The SMILES string of the molecule is CS(=O)(=O)c1ccc(C(=O)Nc2ccccc2)cc1. The summed E-state index contributed by atoms with van der Waals surface area (Å²) in [6.07, 6.45) is 1.13. The lowest BCUT2D eigenvalue weighted by Crippen LogP contribution is -2.11. The number of nitrogens with one attached hydrogen (secondary N) is 1. The van der Waals surface area contributed by atoms with Crippen LogP contribution in [0.25, 0.3) is 0 Å². The van der Waals surface area contributed by atoms with Gasteiger partial charge in [0.25, 0.3) is 5.91 Å². The van der Waals surface area contributed by atoms with E-state index in [2.05, 4.69) is 5.32 Å². The summed E-state index contributed by atoms with van der Waals surface area (Å²) >= 11 is 0. The van der Waals surface area contributed by atoms with Crippen LogP contribution in [0.3, 0.4) is 0 Å². The summed E-state index contributed by atoms with van der Waals surface area (Å²) in [5, 5.41) is 2.73. The quantitative estimate of drug-likeness (QED) is 0.935. The van der Waals surface area contributed by atoms with Gasteiger partial charge in [0, 0.05) is 17.5 Å². The number of carbonyl (C=O) groups is 1. The molecule has 5 heteroatoms. The van der Waals surface area contributed by atoms with Crippen molar-refractivity contribution in [3.05, 3.63) is 60.2 Å². The predicted octanol–water partition coefficient (Wildman–Crippen LogP) is 2.34. The number of benzene rings is 2. The van der Waals surface area contributed by atoms with E-state index in [1.165, 1.54) is 24.3 Å². The number of sulfone groups is 1. The molecule has 0 fully saturated rings. The van der Waals surface area contributed by atoms with Crippen molar-refractivity contribution in [2.75, 3.05) is 11.6 Å². The van der Waals surface area contributed by atoms with E-state index in [0.29, 0.717) is 11.3 Å². The number of hydrogen-bond donors (Lipinski definition) is 1. The van der Waals surface area contributed by atoms with Crippen LogP contribution in [0.4, 0.5) is 5.69 Å². The van der Waals surface area contributed by atoms with Crippen molar-refractivity contribution < 1.29 is 13.2 Å². The Labute approximate surface area is 112 Å². The Morgan fingerprint density at radius 2 is 1.53 bits per heavy atom. The van der Waals surface area contributed by atoms with Gasteiger partial charge in [-0.15, -0.1) is 0 Å². The molecule has 98 valence electrons. The van der Waals surface area contributed by atoms with Gasteiger partial charge in [0.1, 0.15) is 0 Å². The molecule has 0 heterocycles. The van der Waals surface area contributed by atoms with Gasteiger partial charge in [-0.3, -0.25) is 4.79 Å². The molecule has 0 spiro atoms. The molecule has 2 aromatic carbocycles. The monoisotopic (exact) mass is 275 g/mol. The summed E-state index contributed by atoms with van der Waals surface area (Å²) in [5.41, 5.74) is 1.11. The Balaban J connectivity index is 2.17. The molecule has 0 aliphatic heterocycles. The van der Waals surface area contributed by atoms with Crippen LogP contribution in [-0.4, -0.2) is 20.6 Å². The molecule has 1 amide bonds. The Kier molecular flexibility index (Phi) is 3.66. The zero-order valence-corrected chi connectivity index (χ0v) is 11.1. The minimum Gasteiger partial charge on any atom is -0.322 e. The lowest BCUT2D eigenvalue weighted by atomic mass is 10.2. The van der Waals surface area contributed by atoms with Crippen molar-refractivity contribution in [3.63, 3.8) is 0 Å². The Hall–Kier alpha value is -2.14. The number of para-hydroxylation sites is 1. The highest BCUT2D eigenvalue weighted by atomic mass is 32.2. The number of anilines is 1. The van der Waals surface area contributed by atoms with Crippen LogP contribution in [0.15, 0.2) is 59.5 Å². The van der Waals surface area contributed by atoms with Crippen LogP contribution in [0.1, 0.15) is 10.4 Å². The second-order valence-corrected chi connectivity index (χ2v) is 6.13. The van der Waals surface area contributed by atoms with E-state index in [-0.39, 0.29) is 10.8 Å². The normalized spacial score (nSPS) is 11.0. The highest BCUT2D eigenvalue weighted by Gasteiger charge is 2.09. The summed E-state index contributed by atoms with van der Waals surface area (Å²) in [4.78, 5) is 12.1. The molecule has 2 aromatic rings. The van der Waals surface area contributed by atoms with Gasteiger partial charge in [0.2, 0.25) is 0 Å². The van der Waals surface area contributed by atoms with E-state index in [4.69, 9.17) is 0 Å². The Morgan fingerprint density at radius 1 is 0.947 bits per heavy atom. The van der Waals surface area contributed by atoms with Crippen molar-refractivity contribution >= 4 is 21.4 Å². The second kappa shape index (κ2) is 5.24. The zero-order valence-electron chi connectivity index (χ0n) is 10.3. The maximum absolute atomic E-state index is 11.9. The second-order valence-electron chi connectivity index (χ2n) is 4.12. The van der Waals surface area contributed by atoms with E-state index >= 15 is 0 Å². The topological polar surface area (TPSA) is 63.2 Å². The summed E-state index contributed by atoms with van der Waals surface area (Å²) in [5.74, 6) is -0.272. The van der Waals surface area contributed by atoms with Crippen LogP contribution < -0.4 is 5.32 Å². The van der Waals surface area contributed by atoms with Gasteiger partial charge in [-0.05, 0) is 36.4 Å². The zero-order chi connectivity index (χ0) is 13.9. The molecule has 4 nitrogen and oxygen atoms in total. The Bertz CT molecular complexity index is 676. The average molecular weight is 275 g/mol. The number of rotatable bonds is 3. The highest BCUT2D eigenvalue weighted by Crippen LogP contribution is 2.12. The van der Waals surface area contributed by atoms with Gasteiger partial charge in [0.05, 0.1) is 4.90 Å². The predicted molar refractivity (Wildman–Crippen MR) is 73.9 cm³/mol. The molecule has 0 aliphatic rings. The maximum Gasteiger partial charge on any atom is 0.255 e. The largest absolute Gasteiger partial charge is 0.322 e. The summed E-state index contributed by atoms with van der Waals surface area (Å²) < 4.78 is 22.6. The molecule has 0 bridgehead atoms. The molecule has 2 rings (SSSR count). The third-order valence-corrected chi connectivity index (χ3v) is 3.70. The Morgan fingerprint density at radius 3 is 2.05 bits per heavy atom. The van der Waals surface area contributed by atoms with E-state index < -0.39 is 9.84 Å². The fraction of sp³-hybridized carbons (Fsp3) is 0.0714.